The molecule has 4 rings (SSSR count). The lowest BCUT2D eigenvalue weighted by Gasteiger charge is -2.15. The minimum Gasteiger partial charge on any atom is -0.352 e. The van der Waals surface area contributed by atoms with Gasteiger partial charge in [-0.1, -0.05) is 12.1 Å². The van der Waals surface area contributed by atoms with Crippen molar-refractivity contribution in [1.82, 2.24) is 15.2 Å². The van der Waals surface area contributed by atoms with Crippen molar-refractivity contribution < 1.29 is 9.59 Å². The van der Waals surface area contributed by atoms with Crippen LogP contribution >= 0.6 is 0 Å². The molecular formula is C22H25N3O3. The third kappa shape index (κ3) is 3.72. The Balaban J connectivity index is 1.39. The molecule has 1 aliphatic carbocycles. The van der Waals surface area contributed by atoms with Crippen molar-refractivity contribution in [3.63, 3.8) is 0 Å². The molecule has 2 fully saturated rings. The number of H-pyrrole nitrogens is 1. The summed E-state index contributed by atoms with van der Waals surface area (Å²) in [4.78, 5) is 41.5. The van der Waals surface area contributed by atoms with Gasteiger partial charge in [-0.15, -0.1) is 0 Å². The number of aryl methyl sites for hydroxylation is 2. The van der Waals surface area contributed by atoms with E-state index in [0.717, 1.165) is 36.2 Å². The van der Waals surface area contributed by atoms with Gasteiger partial charge in [0.05, 0.1) is 0 Å². The summed E-state index contributed by atoms with van der Waals surface area (Å²) in [5, 5.41) is 2.94. The third-order valence-electron chi connectivity index (χ3n) is 5.73. The molecule has 6 nitrogen and oxygen atoms in total. The highest BCUT2D eigenvalue weighted by Gasteiger charge is 2.39. The number of aromatic amines is 1. The van der Waals surface area contributed by atoms with Crippen LogP contribution in [0.4, 0.5) is 0 Å². The number of hydrogen-bond donors (Lipinski definition) is 2. The standard InChI is InChI=1S/C22H25N3O3/c1-13-9-19(22(28)24-14(13)2)16-3-5-17(6-4-16)21(27)23-11-15-10-20(26)25(12-15)18-7-8-18/h3-6,9,15,18H,7-8,10-12H2,1-2H3,(H,23,27)(H,24,28)/t15-/m0/s1. The van der Waals surface area contributed by atoms with Gasteiger partial charge in [0.25, 0.3) is 11.5 Å². The molecule has 0 bridgehead atoms. The Morgan fingerprint density at radius 3 is 2.57 bits per heavy atom. The molecule has 1 aromatic carbocycles. The number of benzene rings is 1. The first-order valence-corrected chi connectivity index (χ1v) is 9.81. The number of amides is 2. The van der Waals surface area contributed by atoms with E-state index < -0.39 is 0 Å². The van der Waals surface area contributed by atoms with E-state index in [-0.39, 0.29) is 23.3 Å². The van der Waals surface area contributed by atoms with Gasteiger partial charge < -0.3 is 15.2 Å². The largest absolute Gasteiger partial charge is 0.352 e. The quantitative estimate of drug-likeness (QED) is 0.837. The molecule has 2 heterocycles. The maximum atomic E-state index is 12.4. The van der Waals surface area contributed by atoms with Crippen LogP contribution in [-0.2, 0) is 4.79 Å². The number of likely N-dealkylation sites (tertiary alicyclic amines) is 1. The molecule has 6 heteroatoms. The van der Waals surface area contributed by atoms with Crippen LogP contribution in [0.1, 0.15) is 40.9 Å². The predicted octanol–water partition coefficient (Wildman–Crippen LogP) is 2.40. The number of hydrogen-bond acceptors (Lipinski definition) is 3. The van der Waals surface area contributed by atoms with Crippen LogP contribution in [0, 0.1) is 19.8 Å². The fraction of sp³-hybridized carbons (Fsp3) is 0.409. The van der Waals surface area contributed by atoms with Crippen LogP contribution in [0.2, 0.25) is 0 Å². The van der Waals surface area contributed by atoms with E-state index in [2.05, 4.69) is 10.3 Å². The highest BCUT2D eigenvalue weighted by atomic mass is 16.2. The molecule has 146 valence electrons. The van der Waals surface area contributed by atoms with Crippen molar-refractivity contribution in [3.05, 3.63) is 57.5 Å². The number of aromatic nitrogens is 1. The lowest BCUT2D eigenvalue weighted by molar-refractivity contribution is -0.128. The third-order valence-corrected chi connectivity index (χ3v) is 5.73. The highest BCUT2D eigenvalue weighted by Crippen LogP contribution is 2.32. The molecule has 1 atom stereocenters. The molecule has 0 unspecified atom stereocenters. The van der Waals surface area contributed by atoms with Gasteiger partial charge in [0.1, 0.15) is 0 Å². The van der Waals surface area contributed by atoms with Crippen LogP contribution in [0.5, 0.6) is 0 Å². The summed E-state index contributed by atoms with van der Waals surface area (Å²) in [6.07, 6.45) is 2.74. The minimum atomic E-state index is -0.155. The second-order valence-corrected chi connectivity index (χ2v) is 7.95. The molecule has 2 aromatic rings. The van der Waals surface area contributed by atoms with Crippen molar-refractivity contribution in [2.24, 2.45) is 5.92 Å². The van der Waals surface area contributed by atoms with Crippen LogP contribution < -0.4 is 10.9 Å². The number of carbonyl (C=O) groups excluding carboxylic acids is 2. The fourth-order valence-electron chi connectivity index (χ4n) is 3.77. The van der Waals surface area contributed by atoms with Crippen molar-refractivity contribution >= 4 is 11.8 Å². The minimum absolute atomic E-state index is 0.133. The first-order chi connectivity index (χ1) is 13.4. The van der Waals surface area contributed by atoms with E-state index in [1.165, 1.54) is 0 Å². The van der Waals surface area contributed by atoms with Gasteiger partial charge in [-0.05, 0) is 56.0 Å². The summed E-state index contributed by atoms with van der Waals surface area (Å²) in [6.45, 7) is 5.08. The second kappa shape index (κ2) is 7.26. The summed E-state index contributed by atoms with van der Waals surface area (Å²) in [5.74, 6) is 0.244. The summed E-state index contributed by atoms with van der Waals surface area (Å²) in [7, 11) is 0. The second-order valence-electron chi connectivity index (χ2n) is 7.95. The summed E-state index contributed by atoms with van der Waals surface area (Å²) < 4.78 is 0. The number of nitrogens with one attached hydrogen (secondary N) is 2. The Morgan fingerprint density at radius 2 is 1.89 bits per heavy atom. The van der Waals surface area contributed by atoms with Crippen LogP contribution in [0.3, 0.4) is 0 Å². The monoisotopic (exact) mass is 379 g/mol. The molecule has 2 aliphatic rings. The van der Waals surface area contributed by atoms with Crippen LogP contribution in [0.25, 0.3) is 11.1 Å². The van der Waals surface area contributed by atoms with Crippen LogP contribution in [0.15, 0.2) is 35.1 Å². The summed E-state index contributed by atoms with van der Waals surface area (Å²) in [6, 6.07) is 9.36. The van der Waals surface area contributed by atoms with Crippen molar-refractivity contribution in [2.45, 2.75) is 39.2 Å². The Bertz CT molecular complexity index is 974. The first kappa shape index (κ1) is 18.5. The van der Waals surface area contributed by atoms with Gasteiger partial charge in [0.2, 0.25) is 5.91 Å². The Hall–Kier alpha value is -2.89. The van der Waals surface area contributed by atoms with E-state index in [1.807, 2.05) is 24.8 Å². The smallest absolute Gasteiger partial charge is 0.256 e. The first-order valence-electron chi connectivity index (χ1n) is 9.81. The van der Waals surface area contributed by atoms with Crippen LogP contribution in [-0.4, -0.2) is 40.8 Å². The molecule has 0 spiro atoms. The number of nitrogens with zero attached hydrogens (tertiary/aromatic N) is 1. The lowest BCUT2D eigenvalue weighted by atomic mass is 10.0. The van der Waals surface area contributed by atoms with E-state index in [4.69, 9.17) is 0 Å². The molecule has 1 saturated heterocycles. The molecule has 2 amide bonds. The van der Waals surface area contributed by atoms with Crippen molar-refractivity contribution in [1.29, 1.82) is 0 Å². The van der Waals surface area contributed by atoms with Crippen molar-refractivity contribution in [2.75, 3.05) is 13.1 Å². The lowest BCUT2D eigenvalue weighted by Crippen LogP contribution is -2.32. The molecule has 0 radical (unpaired) electrons. The summed E-state index contributed by atoms with van der Waals surface area (Å²) >= 11 is 0. The maximum absolute atomic E-state index is 12.4. The van der Waals surface area contributed by atoms with Gasteiger partial charge in [-0.3, -0.25) is 14.4 Å². The Labute approximate surface area is 164 Å². The SMILES string of the molecule is Cc1cc(-c2ccc(C(=O)NC[C@@H]3CC(=O)N(C4CC4)C3)cc2)c(=O)[nH]c1C. The average molecular weight is 379 g/mol. The zero-order valence-electron chi connectivity index (χ0n) is 16.2. The number of pyridine rings is 1. The van der Waals surface area contributed by atoms with Gasteiger partial charge in [0, 0.05) is 48.3 Å². The molecule has 2 N–H and O–H groups in total. The van der Waals surface area contributed by atoms with Crippen molar-refractivity contribution in [3.8, 4) is 11.1 Å². The zero-order chi connectivity index (χ0) is 19.8. The fourth-order valence-corrected chi connectivity index (χ4v) is 3.77. The van der Waals surface area contributed by atoms with E-state index in [9.17, 15) is 14.4 Å². The van der Waals surface area contributed by atoms with Gasteiger partial charge in [-0.25, -0.2) is 0 Å². The zero-order valence-corrected chi connectivity index (χ0v) is 16.2. The molecule has 1 aromatic heterocycles. The normalized spacial score (nSPS) is 19.1. The number of rotatable bonds is 5. The summed E-state index contributed by atoms with van der Waals surface area (Å²) in [5.41, 5.74) is 3.67. The van der Waals surface area contributed by atoms with E-state index in [0.29, 0.717) is 30.1 Å². The predicted molar refractivity (Wildman–Crippen MR) is 107 cm³/mol. The molecule has 1 saturated carbocycles. The Morgan fingerprint density at radius 1 is 1.18 bits per heavy atom. The van der Waals surface area contributed by atoms with Gasteiger partial charge in [-0.2, -0.15) is 0 Å². The molecule has 28 heavy (non-hydrogen) atoms. The van der Waals surface area contributed by atoms with Gasteiger partial charge in [0.15, 0.2) is 0 Å². The highest BCUT2D eigenvalue weighted by molar-refractivity contribution is 5.94. The number of carbonyl (C=O) groups is 2. The Kier molecular flexibility index (Phi) is 4.79. The average Bonchev–Trinajstić information content (AvgIpc) is 3.45. The molecule has 1 aliphatic heterocycles. The maximum Gasteiger partial charge on any atom is 0.256 e. The topological polar surface area (TPSA) is 82.3 Å². The molecular weight excluding hydrogens is 354 g/mol. The van der Waals surface area contributed by atoms with Gasteiger partial charge >= 0.3 is 0 Å². The van der Waals surface area contributed by atoms with E-state index in [1.54, 1.807) is 24.3 Å². The van der Waals surface area contributed by atoms with E-state index >= 15 is 0 Å².